The lowest BCUT2D eigenvalue weighted by Gasteiger charge is -2.26. The molecule has 5 nitrogen and oxygen atoms in total. The zero-order valence-corrected chi connectivity index (χ0v) is 16.3. The topological polar surface area (TPSA) is 52.6 Å². The summed E-state index contributed by atoms with van der Waals surface area (Å²) in [5, 5.41) is 8.99. The van der Waals surface area contributed by atoms with Gasteiger partial charge in [-0.2, -0.15) is 0 Å². The highest BCUT2D eigenvalue weighted by Gasteiger charge is 2.27. The molecule has 3 heterocycles. The van der Waals surface area contributed by atoms with Crippen LogP contribution in [-0.4, -0.2) is 43.7 Å². The van der Waals surface area contributed by atoms with Gasteiger partial charge in [0.15, 0.2) is 17.6 Å². The molecule has 2 aromatic heterocycles. The van der Waals surface area contributed by atoms with E-state index in [4.69, 9.17) is 0 Å². The molecule has 0 aromatic carbocycles. The van der Waals surface area contributed by atoms with E-state index in [1.165, 1.54) is 10.9 Å². The molecule has 1 saturated heterocycles. The second-order valence-corrected chi connectivity index (χ2v) is 8.12. The molecule has 2 N–H and O–H groups in total. The largest absolute Gasteiger partial charge is 0.356 e. The van der Waals surface area contributed by atoms with Gasteiger partial charge in [0, 0.05) is 49.2 Å². The number of thiophene rings is 1. The summed E-state index contributed by atoms with van der Waals surface area (Å²) in [4.78, 5) is 11.8. The first kappa shape index (κ1) is 18.6. The Morgan fingerprint density at radius 1 is 1.42 bits per heavy atom. The van der Waals surface area contributed by atoms with Crippen LogP contribution in [0.25, 0.3) is 0 Å². The van der Waals surface area contributed by atoms with E-state index in [0.29, 0.717) is 12.4 Å². The van der Waals surface area contributed by atoms with Gasteiger partial charge >= 0.3 is 0 Å². The molecule has 140 valence electrons. The van der Waals surface area contributed by atoms with Crippen molar-refractivity contribution in [2.75, 3.05) is 31.6 Å². The highest BCUT2D eigenvalue weighted by Crippen LogP contribution is 2.26. The predicted molar refractivity (Wildman–Crippen MR) is 107 cm³/mol. The van der Waals surface area contributed by atoms with Crippen molar-refractivity contribution in [2.45, 2.75) is 31.7 Å². The fraction of sp³-hybridized carbons (Fsp3) is 0.474. The second-order valence-electron chi connectivity index (χ2n) is 7.17. The van der Waals surface area contributed by atoms with E-state index < -0.39 is 0 Å². The average Bonchev–Trinajstić information content (AvgIpc) is 3.31. The summed E-state index contributed by atoms with van der Waals surface area (Å²) >= 11 is 1.77. The summed E-state index contributed by atoms with van der Waals surface area (Å²) in [6, 6.07) is 7.53. The van der Waals surface area contributed by atoms with Crippen LogP contribution in [0.4, 0.5) is 10.2 Å². The van der Waals surface area contributed by atoms with Crippen molar-refractivity contribution in [3.05, 3.63) is 46.5 Å². The molecular weight excluding hydrogens is 349 g/mol. The van der Waals surface area contributed by atoms with Crippen molar-refractivity contribution >= 4 is 23.1 Å². The van der Waals surface area contributed by atoms with E-state index in [1.54, 1.807) is 30.6 Å². The molecule has 1 aliphatic rings. The Hall–Kier alpha value is -2.15. The maximum atomic E-state index is 13.9. The molecule has 0 radical (unpaired) electrons. The van der Waals surface area contributed by atoms with E-state index in [1.807, 2.05) is 4.90 Å². The number of nitrogens with zero attached hydrogens (tertiary/aromatic N) is 3. The van der Waals surface area contributed by atoms with Crippen LogP contribution in [0, 0.1) is 5.82 Å². The number of hydrogen-bond donors (Lipinski definition) is 2. The van der Waals surface area contributed by atoms with Gasteiger partial charge in [-0.25, -0.2) is 9.37 Å². The number of halogens is 1. The van der Waals surface area contributed by atoms with E-state index in [-0.39, 0.29) is 17.3 Å². The normalized spacial score (nSPS) is 18.2. The maximum Gasteiger partial charge on any atom is 0.191 e. The van der Waals surface area contributed by atoms with Crippen molar-refractivity contribution < 1.29 is 4.39 Å². The minimum atomic E-state index is -0.270. The first-order valence-electron chi connectivity index (χ1n) is 8.86. The van der Waals surface area contributed by atoms with Crippen LogP contribution < -0.4 is 15.5 Å². The van der Waals surface area contributed by atoms with Crippen LogP contribution in [0.5, 0.6) is 0 Å². The summed E-state index contributed by atoms with van der Waals surface area (Å²) in [7, 11) is 1.78. The zero-order chi connectivity index (χ0) is 18.6. The number of pyridine rings is 1. The first-order valence-corrected chi connectivity index (χ1v) is 9.74. The molecule has 1 atom stereocenters. The van der Waals surface area contributed by atoms with Crippen molar-refractivity contribution in [1.29, 1.82) is 0 Å². The third-order valence-electron chi connectivity index (χ3n) is 4.68. The highest BCUT2D eigenvalue weighted by atomic mass is 32.1. The minimum absolute atomic E-state index is 0.0323. The Kier molecular flexibility index (Phi) is 5.76. The van der Waals surface area contributed by atoms with E-state index >= 15 is 0 Å². The molecule has 2 aromatic rings. The number of aromatic nitrogens is 1. The minimum Gasteiger partial charge on any atom is -0.356 e. The molecule has 0 aliphatic carbocycles. The molecule has 0 amide bonds. The summed E-state index contributed by atoms with van der Waals surface area (Å²) in [5.41, 5.74) is 0.0323. The summed E-state index contributed by atoms with van der Waals surface area (Å²) < 4.78 is 13.9. The van der Waals surface area contributed by atoms with Gasteiger partial charge in [-0.1, -0.05) is 19.9 Å². The molecular formula is C19H26FN5S. The van der Waals surface area contributed by atoms with Gasteiger partial charge in [0.2, 0.25) is 0 Å². The maximum absolute atomic E-state index is 13.9. The first-order chi connectivity index (χ1) is 12.5. The molecule has 7 heteroatoms. The number of nitrogens with one attached hydrogen (secondary N) is 2. The van der Waals surface area contributed by atoms with Crippen molar-refractivity contribution in [2.24, 2.45) is 4.99 Å². The number of anilines is 1. The number of guanidine groups is 1. The standard InChI is InChI=1S/C19H26FN5S/c1-19(2,16-7-5-11-26-16)13-23-18(21-3)24-14-8-10-25(12-14)17-15(20)6-4-9-22-17/h4-7,9,11,14H,8,10,12-13H2,1-3H3,(H2,21,23,24). The van der Waals surface area contributed by atoms with Gasteiger partial charge in [0.25, 0.3) is 0 Å². The Labute approximate surface area is 158 Å². The number of hydrogen-bond acceptors (Lipinski definition) is 4. The highest BCUT2D eigenvalue weighted by molar-refractivity contribution is 7.10. The number of aliphatic imine (C=N–C) groups is 1. The van der Waals surface area contributed by atoms with Gasteiger partial charge < -0.3 is 15.5 Å². The fourth-order valence-corrected chi connectivity index (χ4v) is 3.98. The van der Waals surface area contributed by atoms with Crippen molar-refractivity contribution in [1.82, 2.24) is 15.6 Å². The molecule has 1 aliphatic heterocycles. The molecule has 0 spiro atoms. The zero-order valence-electron chi connectivity index (χ0n) is 15.5. The summed E-state index contributed by atoms with van der Waals surface area (Å²) in [5.74, 6) is 0.940. The number of rotatable bonds is 5. The molecule has 0 bridgehead atoms. The Bertz CT molecular complexity index is 744. The van der Waals surface area contributed by atoms with Crippen LogP contribution in [0.15, 0.2) is 40.8 Å². The lowest BCUT2D eigenvalue weighted by molar-refractivity contribution is 0.514. The Morgan fingerprint density at radius 3 is 2.96 bits per heavy atom. The van der Waals surface area contributed by atoms with Gasteiger partial charge in [0.05, 0.1) is 0 Å². The third-order valence-corrected chi connectivity index (χ3v) is 5.91. The predicted octanol–water partition coefficient (Wildman–Crippen LogP) is 3.00. The average molecular weight is 376 g/mol. The lowest BCUT2D eigenvalue weighted by Crippen LogP contribution is -2.47. The van der Waals surface area contributed by atoms with E-state index in [2.05, 4.69) is 52.0 Å². The SMILES string of the molecule is CN=C(NCC(C)(C)c1cccs1)NC1CCN(c2ncccc2F)C1. The Balaban J connectivity index is 1.54. The van der Waals surface area contributed by atoms with Gasteiger partial charge in [-0.15, -0.1) is 11.3 Å². The van der Waals surface area contributed by atoms with Crippen molar-refractivity contribution in [3.8, 4) is 0 Å². The molecule has 1 unspecified atom stereocenters. The Morgan fingerprint density at radius 2 is 2.27 bits per heavy atom. The van der Waals surface area contributed by atoms with E-state index in [0.717, 1.165) is 25.5 Å². The quantitative estimate of drug-likeness (QED) is 0.623. The second kappa shape index (κ2) is 8.03. The molecule has 1 fully saturated rings. The summed E-state index contributed by atoms with van der Waals surface area (Å²) in [6.07, 6.45) is 2.55. The molecule has 0 saturated carbocycles. The van der Waals surface area contributed by atoms with Crippen LogP contribution in [-0.2, 0) is 5.41 Å². The molecule has 26 heavy (non-hydrogen) atoms. The molecule has 3 rings (SSSR count). The summed E-state index contributed by atoms with van der Waals surface area (Å²) in [6.45, 7) is 6.73. The lowest BCUT2D eigenvalue weighted by atomic mass is 9.91. The smallest absolute Gasteiger partial charge is 0.191 e. The van der Waals surface area contributed by atoms with Gasteiger partial charge in [-0.05, 0) is 30.0 Å². The van der Waals surface area contributed by atoms with Crippen LogP contribution in [0.1, 0.15) is 25.1 Å². The third kappa shape index (κ3) is 4.33. The van der Waals surface area contributed by atoms with Crippen LogP contribution in [0.3, 0.4) is 0 Å². The van der Waals surface area contributed by atoms with Gasteiger partial charge in [0.1, 0.15) is 0 Å². The fourth-order valence-electron chi connectivity index (χ4n) is 3.12. The van der Waals surface area contributed by atoms with Crippen LogP contribution in [0.2, 0.25) is 0 Å². The van der Waals surface area contributed by atoms with E-state index in [9.17, 15) is 4.39 Å². The van der Waals surface area contributed by atoms with Crippen molar-refractivity contribution in [3.63, 3.8) is 0 Å². The van der Waals surface area contributed by atoms with Crippen LogP contribution >= 0.6 is 11.3 Å². The monoisotopic (exact) mass is 375 g/mol. The van der Waals surface area contributed by atoms with Gasteiger partial charge in [-0.3, -0.25) is 4.99 Å².